The van der Waals surface area contributed by atoms with Gasteiger partial charge in [0.1, 0.15) is 17.6 Å². The fraction of sp³-hybridized carbons (Fsp3) is 0.444. The third kappa shape index (κ3) is 3.47. The first-order chi connectivity index (χ1) is 17.5. The van der Waals surface area contributed by atoms with Gasteiger partial charge in [0.15, 0.2) is 5.82 Å². The van der Waals surface area contributed by atoms with Crippen LogP contribution in [-0.4, -0.2) is 40.7 Å². The van der Waals surface area contributed by atoms with Crippen LogP contribution >= 0.6 is 0 Å². The third-order valence-electron chi connectivity index (χ3n) is 8.04. The maximum atomic E-state index is 16.4. The van der Waals surface area contributed by atoms with Gasteiger partial charge in [-0.2, -0.15) is 18.4 Å². The quantitative estimate of drug-likeness (QED) is 0.445. The first-order valence-electron chi connectivity index (χ1n) is 12.3. The summed E-state index contributed by atoms with van der Waals surface area (Å²) in [6.07, 6.45) is -3.18. The molecule has 37 heavy (non-hydrogen) atoms. The number of piperazine rings is 1. The molecule has 0 saturated carbocycles. The lowest BCUT2D eigenvalue weighted by atomic mass is 9.93. The normalized spacial score (nSPS) is 24.5. The second-order valence-electron chi connectivity index (χ2n) is 10.3. The Hall–Kier alpha value is -3.45. The topological polar surface area (TPSA) is 74.1 Å². The van der Waals surface area contributed by atoms with Gasteiger partial charge in [-0.25, -0.2) is 14.4 Å². The van der Waals surface area contributed by atoms with E-state index in [1.54, 1.807) is 13.8 Å². The van der Waals surface area contributed by atoms with Crippen molar-refractivity contribution in [3.05, 3.63) is 45.9 Å². The Labute approximate surface area is 211 Å². The highest BCUT2D eigenvalue weighted by atomic mass is 19.4. The van der Waals surface area contributed by atoms with Gasteiger partial charge in [-0.3, -0.25) is 0 Å². The number of aryl methyl sites for hydroxylation is 3. The number of aromatic nitrogens is 2. The van der Waals surface area contributed by atoms with E-state index >= 15 is 4.39 Å². The van der Waals surface area contributed by atoms with Gasteiger partial charge >= 0.3 is 6.18 Å². The maximum Gasteiger partial charge on any atom is 0.417 e. The zero-order chi connectivity index (χ0) is 26.4. The van der Waals surface area contributed by atoms with Crippen molar-refractivity contribution in [2.75, 3.05) is 11.4 Å². The van der Waals surface area contributed by atoms with Crippen molar-refractivity contribution in [2.24, 2.45) is 0 Å². The molecule has 0 spiro atoms. The van der Waals surface area contributed by atoms with E-state index < -0.39 is 28.8 Å². The van der Waals surface area contributed by atoms with Gasteiger partial charge in [0.25, 0.3) is 0 Å². The number of fused-ring (bicyclic) bond motifs is 5. The highest BCUT2D eigenvalue weighted by Crippen LogP contribution is 2.47. The number of benzene rings is 1. The van der Waals surface area contributed by atoms with Crippen LogP contribution < -0.4 is 15.0 Å². The SMILES string of the molecule is Cc1cc(C#N)cc(-c2nc3c4c(nc(C)c(C)c4c2F)N2C[C@H]4CC[C@H](N4)[C@H]2[C@H](C)O3)c1C(F)(F)F. The van der Waals surface area contributed by atoms with Gasteiger partial charge in [-0.1, -0.05) is 0 Å². The van der Waals surface area contributed by atoms with E-state index in [0.29, 0.717) is 29.0 Å². The molecule has 5 heterocycles. The van der Waals surface area contributed by atoms with E-state index in [2.05, 4.69) is 15.2 Å². The number of ether oxygens (including phenoxy) is 1. The molecule has 0 radical (unpaired) electrons. The second-order valence-corrected chi connectivity index (χ2v) is 10.3. The Bertz CT molecular complexity index is 1510. The van der Waals surface area contributed by atoms with E-state index in [9.17, 15) is 18.4 Å². The Morgan fingerprint density at radius 2 is 1.89 bits per heavy atom. The molecule has 6 rings (SSSR count). The van der Waals surface area contributed by atoms with Gasteiger partial charge in [-0.05, 0) is 63.8 Å². The molecule has 3 aromatic rings. The lowest BCUT2D eigenvalue weighted by Crippen LogP contribution is -2.62. The van der Waals surface area contributed by atoms with Crippen molar-refractivity contribution in [1.82, 2.24) is 15.3 Å². The maximum absolute atomic E-state index is 16.4. The van der Waals surface area contributed by atoms with Gasteiger partial charge in [0, 0.05) is 35.3 Å². The number of nitriles is 1. The van der Waals surface area contributed by atoms with Crippen molar-refractivity contribution in [3.63, 3.8) is 0 Å². The first kappa shape index (κ1) is 23.9. The van der Waals surface area contributed by atoms with Crippen LogP contribution in [0.5, 0.6) is 5.88 Å². The fourth-order valence-electron chi connectivity index (χ4n) is 6.36. The van der Waals surface area contributed by atoms with Crippen LogP contribution in [0, 0.1) is 37.9 Å². The highest BCUT2D eigenvalue weighted by molar-refractivity contribution is 6.01. The third-order valence-corrected chi connectivity index (χ3v) is 8.04. The Kier molecular flexibility index (Phi) is 5.19. The Balaban J connectivity index is 1.69. The molecule has 0 aliphatic carbocycles. The summed E-state index contributed by atoms with van der Waals surface area (Å²) in [5.74, 6) is -0.268. The molecule has 192 valence electrons. The zero-order valence-electron chi connectivity index (χ0n) is 20.8. The Morgan fingerprint density at radius 3 is 2.59 bits per heavy atom. The molecule has 10 heteroatoms. The van der Waals surface area contributed by atoms with Crippen LogP contribution in [0.4, 0.5) is 23.4 Å². The molecule has 3 aliphatic heterocycles. The van der Waals surface area contributed by atoms with E-state index in [0.717, 1.165) is 25.0 Å². The van der Waals surface area contributed by atoms with Crippen molar-refractivity contribution < 1.29 is 22.3 Å². The molecule has 2 saturated heterocycles. The summed E-state index contributed by atoms with van der Waals surface area (Å²) in [5, 5.41) is 13.6. The molecule has 1 N–H and O–H groups in total. The predicted octanol–water partition coefficient (Wildman–Crippen LogP) is 5.34. The molecule has 3 aliphatic rings. The molecule has 0 unspecified atom stereocenters. The number of alkyl halides is 3. The number of nitrogens with zero attached hydrogens (tertiary/aromatic N) is 4. The van der Waals surface area contributed by atoms with E-state index in [1.807, 2.05) is 13.0 Å². The van der Waals surface area contributed by atoms with Gasteiger partial charge in [0.05, 0.1) is 28.6 Å². The van der Waals surface area contributed by atoms with E-state index in [4.69, 9.17) is 9.72 Å². The minimum atomic E-state index is -4.78. The molecular formula is C27H25F4N5O. The average Bonchev–Trinajstić information content (AvgIpc) is 3.15. The number of hydrogen-bond donors (Lipinski definition) is 1. The molecule has 0 amide bonds. The van der Waals surface area contributed by atoms with Crippen LogP contribution in [-0.2, 0) is 6.18 Å². The van der Waals surface area contributed by atoms with Crippen LogP contribution in [0.25, 0.3) is 22.0 Å². The number of rotatable bonds is 1. The molecule has 4 atom stereocenters. The average molecular weight is 512 g/mol. The summed E-state index contributed by atoms with van der Waals surface area (Å²) < 4.78 is 65.4. The molecule has 1 aromatic carbocycles. The van der Waals surface area contributed by atoms with Crippen molar-refractivity contribution in [2.45, 2.75) is 70.9 Å². The number of nitrogens with one attached hydrogen (secondary N) is 1. The summed E-state index contributed by atoms with van der Waals surface area (Å²) in [7, 11) is 0. The number of anilines is 1. The monoisotopic (exact) mass is 511 g/mol. The summed E-state index contributed by atoms with van der Waals surface area (Å²) >= 11 is 0. The molecule has 6 nitrogen and oxygen atoms in total. The summed E-state index contributed by atoms with van der Waals surface area (Å²) in [6.45, 7) is 7.31. The number of halogens is 4. The Morgan fingerprint density at radius 1 is 1.14 bits per heavy atom. The molecule has 2 aromatic heterocycles. The summed E-state index contributed by atoms with van der Waals surface area (Å²) in [5.41, 5.74) is -1.07. The first-order valence-corrected chi connectivity index (χ1v) is 12.3. The van der Waals surface area contributed by atoms with Crippen molar-refractivity contribution in [1.29, 1.82) is 5.26 Å². The smallest absolute Gasteiger partial charge is 0.417 e. The summed E-state index contributed by atoms with van der Waals surface area (Å²) in [4.78, 5) is 11.4. The predicted molar refractivity (Wildman–Crippen MR) is 130 cm³/mol. The minimum Gasteiger partial charge on any atom is -0.472 e. The van der Waals surface area contributed by atoms with E-state index in [-0.39, 0.29) is 46.6 Å². The molecule has 2 bridgehead atoms. The summed E-state index contributed by atoms with van der Waals surface area (Å²) in [6, 6.07) is 4.41. The zero-order valence-corrected chi connectivity index (χ0v) is 20.8. The van der Waals surface area contributed by atoms with Crippen LogP contribution in [0.15, 0.2) is 12.1 Å². The molecular weight excluding hydrogens is 486 g/mol. The van der Waals surface area contributed by atoms with Gasteiger partial charge in [-0.15, -0.1) is 0 Å². The van der Waals surface area contributed by atoms with Crippen LogP contribution in [0.1, 0.15) is 47.7 Å². The van der Waals surface area contributed by atoms with E-state index in [1.165, 1.54) is 6.92 Å². The lowest BCUT2D eigenvalue weighted by Gasteiger charge is -2.43. The second kappa shape index (κ2) is 8.02. The highest BCUT2D eigenvalue weighted by Gasteiger charge is 2.47. The lowest BCUT2D eigenvalue weighted by molar-refractivity contribution is -0.137. The van der Waals surface area contributed by atoms with Crippen LogP contribution in [0.3, 0.4) is 0 Å². The van der Waals surface area contributed by atoms with Crippen molar-refractivity contribution >= 4 is 16.6 Å². The largest absolute Gasteiger partial charge is 0.472 e. The molecule has 2 fully saturated rings. The van der Waals surface area contributed by atoms with Gasteiger partial charge < -0.3 is 15.0 Å². The minimum absolute atomic E-state index is 0.00972. The van der Waals surface area contributed by atoms with Gasteiger partial charge in [0.2, 0.25) is 5.88 Å². The standard InChI is InChI=1S/C27H25F4N5O/c1-11-7-15(9-32)8-17(21(11)27(29,30)31)23-22(28)19-12(2)13(3)33-25-20(19)26(35-23)37-14(4)24-18-6-5-16(34-18)10-36(24)25/h7-8,14,16,18,24,34H,5-6,10H2,1-4H3/t14-,16+,18-,24+/m0/s1. The van der Waals surface area contributed by atoms with Crippen LogP contribution in [0.2, 0.25) is 0 Å². The number of hydrogen-bond acceptors (Lipinski definition) is 6. The van der Waals surface area contributed by atoms with Crippen molar-refractivity contribution in [3.8, 4) is 23.2 Å². The fourth-order valence-corrected chi connectivity index (χ4v) is 6.36. The number of pyridine rings is 2.